The number of fused-ring (bicyclic) bond motifs is 1. The first-order valence-electron chi connectivity index (χ1n) is 6.64. The van der Waals surface area contributed by atoms with E-state index in [4.69, 9.17) is 5.73 Å². The number of halogens is 1. The molecule has 102 valence electrons. The highest BCUT2D eigenvalue weighted by Gasteiger charge is 2.37. The van der Waals surface area contributed by atoms with Crippen molar-refractivity contribution in [2.45, 2.75) is 19.3 Å². The molecular weight excluding hydrogens is 247 g/mol. The Bertz CT molecular complexity index is 520. The van der Waals surface area contributed by atoms with Crippen molar-refractivity contribution in [2.24, 2.45) is 11.8 Å². The molecule has 0 aromatic heterocycles. The molecule has 1 aromatic rings. The molecule has 1 aromatic carbocycles. The van der Waals surface area contributed by atoms with Crippen LogP contribution < -0.4 is 10.6 Å². The van der Waals surface area contributed by atoms with Gasteiger partial charge in [0, 0.05) is 13.1 Å². The fraction of sp³-hybridized carbons (Fsp3) is 0.500. The lowest BCUT2D eigenvalue weighted by molar-refractivity contribution is 0.0698. The van der Waals surface area contributed by atoms with Crippen molar-refractivity contribution in [1.82, 2.24) is 0 Å². The number of nitrogen functional groups attached to an aromatic ring is 1. The lowest BCUT2D eigenvalue weighted by Crippen LogP contribution is -2.24. The summed E-state index contributed by atoms with van der Waals surface area (Å²) < 4.78 is 13.4. The molecule has 1 heterocycles. The minimum atomic E-state index is -1.16. The summed E-state index contributed by atoms with van der Waals surface area (Å²) >= 11 is 0. The SMILES string of the molecule is Nc1c(F)ccc(N2CC3CCCC3C2)c1C(=O)O. The van der Waals surface area contributed by atoms with Crippen LogP contribution in [0.3, 0.4) is 0 Å². The van der Waals surface area contributed by atoms with Gasteiger partial charge in [-0.2, -0.15) is 0 Å². The third-order valence-corrected chi connectivity index (χ3v) is 4.45. The molecule has 4 nitrogen and oxygen atoms in total. The van der Waals surface area contributed by atoms with E-state index in [1.54, 1.807) is 0 Å². The Labute approximate surface area is 111 Å². The van der Waals surface area contributed by atoms with Crippen molar-refractivity contribution in [3.05, 3.63) is 23.5 Å². The summed E-state index contributed by atoms with van der Waals surface area (Å²) in [5.41, 5.74) is 5.78. The number of benzene rings is 1. The van der Waals surface area contributed by atoms with Crippen LogP contribution in [0.5, 0.6) is 0 Å². The van der Waals surface area contributed by atoms with E-state index in [9.17, 15) is 14.3 Å². The van der Waals surface area contributed by atoms with E-state index in [1.807, 2.05) is 4.90 Å². The van der Waals surface area contributed by atoms with E-state index >= 15 is 0 Å². The van der Waals surface area contributed by atoms with E-state index in [0.29, 0.717) is 17.5 Å². The molecule has 2 aliphatic rings. The zero-order valence-corrected chi connectivity index (χ0v) is 10.6. The maximum atomic E-state index is 13.4. The Hall–Kier alpha value is -1.78. The second-order valence-corrected chi connectivity index (χ2v) is 5.52. The van der Waals surface area contributed by atoms with Crippen LogP contribution in [-0.2, 0) is 0 Å². The smallest absolute Gasteiger partial charge is 0.340 e. The first kappa shape index (κ1) is 12.3. The predicted molar refractivity (Wildman–Crippen MR) is 70.8 cm³/mol. The van der Waals surface area contributed by atoms with Crippen LogP contribution in [0.15, 0.2) is 12.1 Å². The molecule has 0 amide bonds. The summed E-state index contributed by atoms with van der Waals surface area (Å²) in [7, 11) is 0. The average molecular weight is 264 g/mol. The zero-order chi connectivity index (χ0) is 13.6. The lowest BCUT2D eigenvalue weighted by atomic mass is 10.0. The fourth-order valence-electron chi connectivity index (χ4n) is 3.50. The number of carboxylic acid groups (broad SMARTS) is 1. The molecule has 2 fully saturated rings. The predicted octanol–water partition coefficient (Wildman–Crippen LogP) is 2.34. The number of rotatable bonds is 2. The minimum Gasteiger partial charge on any atom is -0.478 e. The van der Waals surface area contributed by atoms with Gasteiger partial charge in [-0.25, -0.2) is 9.18 Å². The van der Waals surface area contributed by atoms with Gasteiger partial charge >= 0.3 is 5.97 Å². The van der Waals surface area contributed by atoms with Crippen molar-refractivity contribution in [3.63, 3.8) is 0 Å². The average Bonchev–Trinajstić information content (AvgIpc) is 2.92. The summed E-state index contributed by atoms with van der Waals surface area (Å²) in [6.07, 6.45) is 3.68. The highest BCUT2D eigenvalue weighted by atomic mass is 19.1. The second-order valence-electron chi connectivity index (χ2n) is 5.52. The molecule has 1 saturated carbocycles. The Kier molecular flexibility index (Phi) is 2.84. The quantitative estimate of drug-likeness (QED) is 0.805. The summed E-state index contributed by atoms with van der Waals surface area (Å²) in [6.45, 7) is 1.71. The van der Waals surface area contributed by atoms with Crippen molar-refractivity contribution in [1.29, 1.82) is 0 Å². The van der Waals surface area contributed by atoms with Crippen LogP contribution in [-0.4, -0.2) is 24.2 Å². The van der Waals surface area contributed by atoms with Gasteiger partial charge in [0.1, 0.15) is 11.4 Å². The highest BCUT2D eigenvalue weighted by Crippen LogP contribution is 2.41. The second kappa shape index (κ2) is 4.40. The molecule has 2 atom stereocenters. The van der Waals surface area contributed by atoms with E-state index < -0.39 is 11.8 Å². The van der Waals surface area contributed by atoms with E-state index in [1.165, 1.54) is 31.4 Å². The minimum absolute atomic E-state index is 0.0972. The van der Waals surface area contributed by atoms with Gasteiger partial charge in [-0.15, -0.1) is 0 Å². The summed E-state index contributed by atoms with van der Waals surface area (Å²) in [4.78, 5) is 13.4. The van der Waals surface area contributed by atoms with Crippen LogP contribution in [0, 0.1) is 17.7 Å². The van der Waals surface area contributed by atoms with Gasteiger partial charge in [0.05, 0.1) is 11.4 Å². The topological polar surface area (TPSA) is 66.6 Å². The molecule has 19 heavy (non-hydrogen) atoms. The van der Waals surface area contributed by atoms with Gasteiger partial charge in [-0.1, -0.05) is 6.42 Å². The van der Waals surface area contributed by atoms with E-state index in [0.717, 1.165) is 13.1 Å². The Balaban J connectivity index is 1.97. The van der Waals surface area contributed by atoms with Crippen LogP contribution in [0.25, 0.3) is 0 Å². The monoisotopic (exact) mass is 264 g/mol. The normalized spacial score (nSPS) is 25.6. The van der Waals surface area contributed by atoms with Crippen molar-refractivity contribution >= 4 is 17.3 Å². The molecule has 3 N–H and O–H groups in total. The largest absolute Gasteiger partial charge is 0.478 e. The maximum absolute atomic E-state index is 13.4. The lowest BCUT2D eigenvalue weighted by Gasteiger charge is -2.22. The van der Waals surface area contributed by atoms with Gasteiger partial charge in [0.2, 0.25) is 0 Å². The molecular formula is C14H17FN2O2. The van der Waals surface area contributed by atoms with Crippen molar-refractivity contribution in [3.8, 4) is 0 Å². The third kappa shape index (κ3) is 1.93. The first-order valence-corrected chi connectivity index (χ1v) is 6.64. The standard InChI is InChI=1S/C14H17FN2O2/c15-10-4-5-11(12(13(10)16)14(18)19)17-6-8-2-1-3-9(8)7-17/h4-5,8-9H,1-3,6-7,16H2,(H,18,19). The van der Waals surface area contributed by atoms with Gasteiger partial charge in [0.15, 0.2) is 0 Å². The molecule has 0 radical (unpaired) electrons. The Morgan fingerprint density at radius 3 is 2.53 bits per heavy atom. The number of hydrogen-bond donors (Lipinski definition) is 2. The van der Waals surface area contributed by atoms with Gasteiger partial charge in [-0.05, 0) is 36.8 Å². The van der Waals surface area contributed by atoms with Crippen molar-refractivity contribution in [2.75, 3.05) is 23.7 Å². The van der Waals surface area contributed by atoms with E-state index in [2.05, 4.69) is 0 Å². The number of carbonyl (C=O) groups is 1. The van der Waals surface area contributed by atoms with Gasteiger partial charge in [-0.3, -0.25) is 0 Å². The molecule has 3 rings (SSSR count). The van der Waals surface area contributed by atoms with Crippen LogP contribution in [0.4, 0.5) is 15.8 Å². The van der Waals surface area contributed by atoms with Crippen LogP contribution in [0.2, 0.25) is 0 Å². The maximum Gasteiger partial charge on any atom is 0.340 e. The molecule has 2 unspecified atom stereocenters. The number of hydrogen-bond acceptors (Lipinski definition) is 3. The van der Waals surface area contributed by atoms with E-state index in [-0.39, 0.29) is 11.3 Å². The highest BCUT2D eigenvalue weighted by molar-refractivity contribution is 6.00. The molecule has 0 spiro atoms. The number of anilines is 2. The number of carboxylic acids is 1. The molecule has 0 bridgehead atoms. The van der Waals surface area contributed by atoms with Gasteiger partial charge < -0.3 is 15.7 Å². The summed E-state index contributed by atoms with van der Waals surface area (Å²) in [6, 6.07) is 2.79. The number of nitrogens with two attached hydrogens (primary N) is 1. The number of aromatic carboxylic acids is 1. The summed E-state index contributed by atoms with van der Waals surface area (Å²) in [5.74, 6) is -0.537. The molecule has 1 aliphatic heterocycles. The Morgan fingerprint density at radius 1 is 1.32 bits per heavy atom. The first-order chi connectivity index (χ1) is 9.08. The molecule has 5 heteroatoms. The van der Waals surface area contributed by atoms with Crippen LogP contribution in [0.1, 0.15) is 29.6 Å². The fourth-order valence-corrected chi connectivity index (χ4v) is 3.50. The van der Waals surface area contributed by atoms with Crippen LogP contribution >= 0.6 is 0 Å². The zero-order valence-electron chi connectivity index (χ0n) is 10.6. The molecule has 1 aliphatic carbocycles. The Morgan fingerprint density at radius 2 is 1.95 bits per heavy atom. The molecule has 1 saturated heterocycles. The van der Waals surface area contributed by atoms with Crippen molar-refractivity contribution < 1.29 is 14.3 Å². The van der Waals surface area contributed by atoms with Gasteiger partial charge in [0.25, 0.3) is 0 Å². The number of nitrogens with zero attached hydrogens (tertiary/aromatic N) is 1. The third-order valence-electron chi connectivity index (χ3n) is 4.45. The summed E-state index contributed by atoms with van der Waals surface area (Å²) in [5, 5.41) is 9.26.